The summed E-state index contributed by atoms with van der Waals surface area (Å²) in [7, 11) is 0. The van der Waals surface area contributed by atoms with E-state index in [1.54, 1.807) is 13.1 Å². The van der Waals surface area contributed by atoms with E-state index in [0.29, 0.717) is 0 Å². The fourth-order valence-electron chi connectivity index (χ4n) is 2.55. The number of benzene rings is 1. The molecule has 2 aromatic rings. The van der Waals surface area contributed by atoms with E-state index in [-0.39, 0.29) is 24.7 Å². The topological polar surface area (TPSA) is 79.3 Å². The van der Waals surface area contributed by atoms with E-state index >= 15 is 0 Å². The Morgan fingerprint density at radius 1 is 1.26 bits per heavy atom. The molecule has 2 N–H and O–H groups in total. The number of aromatic nitrogens is 1. The molecule has 1 amide bonds. The molecule has 0 saturated carbocycles. The van der Waals surface area contributed by atoms with Gasteiger partial charge in [-0.3, -0.25) is 14.6 Å². The van der Waals surface area contributed by atoms with Crippen molar-refractivity contribution in [1.29, 1.82) is 0 Å². The van der Waals surface area contributed by atoms with Crippen LogP contribution in [0.1, 0.15) is 32.8 Å². The lowest BCUT2D eigenvalue weighted by Crippen LogP contribution is -2.51. The highest BCUT2D eigenvalue weighted by molar-refractivity contribution is 5.88. The quantitative estimate of drug-likeness (QED) is 0.859. The zero-order valence-corrected chi connectivity index (χ0v) is 13.7. The first-order chi connectivity index (χ1) is 10.8. The number of rotatable bonds is 6. The van der Waals surface area contributed by atoms with Crippen molar-refractivity contribution in [2.45, 2.75) is 39.2 Å². The van der Waals surface area contributed by atoms with Gasteiger partial charge in [0.25, 0.3) is 0 Å². The zero-order valence-electron chi connectivity index (χ0n) is 13.7. The Hall–Kier alpha value is -2.43. The normalized spacial score (nSPS) is 13.7. The van der Waals surface area contributed by atoms with Gasteiger partial charge in [-0.25, -0.2) is 0 Å². The molecule has 122 valence electrons. The molecule has 1 atom stereocenters. The number of amides is 1. The van der Waals surface area contributed by atoms with Crippen LogP contribution in [-0.4, -0.2) is 27.5 Å². The number of carbonyl (C=O) groups excluding carboxylic acids is 1. The summed E-state index contributed by atoms with van der Waals surface area (Å²) in [4.78, 5) is 27.8. The first-order valence-electron chi connectivity index (χ1n) is 7.67. The van der Waals surface area contributed by atoms with Gasteiger partial charge in [0, 0.05) is 17.1 Å². The molecule has 0 saturated heterocycles. The Morgan fingerprint density at radius 3 is 2.61 bits per heavy atom. The summed E-state index contributed by atoms with van der Waals surface area (Å²) in [6.45, 7) is 5.58. The second kappa shape index (κ2) is 6.77. The highest BCUT2D eigenvalue weighted by Gasteiger charge is 2.32. The van der Waals surface area contributed by atoms with Crippen molar-refractivity contribution in [3.63, 3.8) is 0 Å². The summed E-state index contributed by atoms with van der Waals surface area (Å²) >= 11 is 0. The van der Waals surface area contributed by atoms with Crippen molar-refractivity contribution < 1.29 is 14.7 Å². The minimum absolute atomic E-state index is 0.00759. The fourth-order valence-corrected chi connectivity index (χ4v) is 2.55. The van der Waals surface area contributed by atoms with Gasteiger partial charge in [-0.1, -0.05) is 38.1 Å². The first-order valence-corrected chi connectivity index (χ1v) is 7.67. The van der Waals surface area contributed by atoms with Gasteiger partial charge in [0.1, 0.15) is 0 Å². The minimum atomic E-state index is -0.923. The third-order valence-corrected chi connectivity index (χ3v) is 4.28. The Balaban J connectivity index is 2.19. The van der Waals surface area contributed by atoms with Crippen molar-refractivity contribution in [3.8, 4) is 0 Å². The van der Waals surface area contributed by atoms with E-state index in [0.717, 1.165) is 16.5 Å². The van der Waals surface area contributed by atoms with Crippen LogP contribution in [0.3, 0.4) is 0 Å². The molecule has 0 radical (unpaired) electrons. The number of carboxylic acids is 1. The van der Waals surface area contributed by atoms with E-state index in [9.17, 15) is 9.59 Å². The Labute approximate surface area is 135 Å². The van der Waals surface area contributed by atoms with Gasteiger partial charge >= 0.3 is 5.97 Å². The third kappa shape index (κ3) is 4.06. The van der Waals surface area contributed by atoms with Crippen molar-refractivity contribution in [2.75, 3.05) is 0 Å². The lowest BCUT2D eigenvalue weighted by Gasteiger charge is -2.33. The van der Waals surface area contributed by atoms with Gasteiger partial charge < -0.3 is 10.4 Å². The van der Waals surface area contributed by atoms with Gasteiger partial charge in [0.15, 0.2) is 0 Å². The summed E-state index contributed by atoms with van der Waals surface area (Å²) in [5, 5.41) is 13.0. The highest BCUT2D eigenvalue weighted by Crippen LogP contribution is 2.22. The minimum Gasteiger partial charge on any atom is -0.481 e. The number of carboxylic acid groups (broad SMARTS) is 1. The average molecular weight is 314 g/mol. The van der Waals surface area contributed by atoms with Gasteiger partial charge in [-0.2, -0.15) is 0 Å². The maximum atomic E-state index is 12.4. The summed E-state index contributed by atoms with van der Waals surface area (Å²) < 4.78 is 0. The number of hydrogen-bond acceptors (Lipinski definition) is 3. The average Bonchev–Trinajstić information content (AvgIpc) is 2.46. The summed E-state index contributed by atoms with van der Waals surface area (Å²) in [6, 6.07) is 9.53. The number of carbonyl (C=O) groups is 2. The lowest BCUT2D eigenvalue weighted by atomic mass is 9.85. The van der Waals surface area contributed by atoms with Crippen LogP contribution in [0.5, 0.6) is 0 Å². The van der Waals surface area contributed by atoms with Gasteiger partial charge in [0.2, 0.25) is 5.91 Å². The zero-order chi connectivity index (χ0) is 17.0. The maximum absolute atomic E-state index is 12.4. The number of para-hydroxylation sites is 1. The standard InChI is InChI=1S/C18H22N2O3/c1-12(2)18(3,11-16(22)23)20-15(21)10-14-7-4-6-13-8-5-9-19-17(13)14/h4-9,12H,10-11H2,1-3H3,(H,20,21)(H,22,23). The number of aliphatic carboxylic acids is 1. The SMILES string of the molecule is CC(C)C(C)(CC(=O)O)NC(=O)Cc1cccc2cccnc12. The van der Waals surface area contributed by atoms with Gasteiger partial charge in [-0.05, 0) is 24.5 Å². The number of hydrogen-bond donors (Lipinski definition) is 2. The van der Waals surface area contributed by atoms with Crippen LogP contribution >= 0.6 is 0 Å². The van der Waals surface area contributed by atoms with E-state index < -0.39 is 11.5 Å². The van der Waals surface area contributed by atoms with E-state index in [2.05, 4.69) is 10.3 Å². The Bertz CT molecular complexity index is 722. The smallest absolute Gasteiger partial charge is 0.305 e. The Kier molecular flexibility index (Phi) is 4.98. The highest BCUT2D eigenvalue weighted by atomic mass is 16.4. The molecule has 1 aromatic carbocycles. The second-order valence-corrected chi connectivity index (χ2v) is 6.36. The predicted octanol–water partition coefficient (Wildman–Crippen LogP) is 2.78. The van der Waals surface area contributed by atoms with Crippen molar-refractivity contribution in [1.82, 2.24) is 10.3 Å². The number of fused-ring (bicyclic) bond motifs is 1. The predicted molar refractivity (Wildman–Crippen MR) is 89.1 cm³/mol. The molecule has 1 unspecified atom stereocenters. The second-order valence-electron chi connectivity index (χ2n) is 6.36. The molecule has 0 bridgehead atoms. The largest absolute Gasteiger partial charge is 0.481 e. The molecular formula is C18H22N2O3. The molecule has 0 aliphatic carbocycles. The van der Waals surface area contributed by atoms with Crippen LogP contribution in [-0.2, 0) is 16.0 Å². The van der Waals surface area contributed by atoms with Crippen LogP contribution in [0.2, 0.25) is 0 Å². The maximum Gasteiger partial charge on any atom is 0.305 e. The third-order valence-electron chi connectivity index (χ3n) is 4.28. The summed E-state index contributed by atoms with van der Waals surface area (Å²) in [5.74, 6) is -1.11. The van der Waals surface area contributed by atoms with Crippen molar-refractivity contribution in [2.24, 2.45) is 5.92 Å². The van der Waals surface area contributed by atoms with E-state index in [1.807, 2.05) is 44.2 Å². The molecule has 5 heteroatoms. The molecule has 0 spiro atoms. The van der Waals surface area contributed by atoms with Crippen LogP contribution in [0, 0.1) is 5.92 Å². The molecule has 2 rings (SSSR count). The lowest BCUT2D eigenvalue weighted by molar-refractivity contribution is -0.139. The van der Waals surface area contributed by atoms with Crippen LogP contribution in [0.25, 0.3) is 10.9 Å². The molecule has 1 aromatic heterocycles. The molecule has 23 heavy (non-hydrogen) atoms. The van der Waals surface area contributed by atoms with Crippen LogP contribution in [0.4, 0.5) is 0 Å². The monoisotopic (exact) mass is 314 g/mol. The number of nitrogens with one attached hydrogen (secondary N) is 1. The molecule has 1 heterocycles. The molecule has 5 nitrogen and oxygen atoms in total. The summed E-state index contributed by atoms with van der Waals surface area (Å²) in [5.41, 5.74) is 0.859. The Morgan fingerprint density at radius 2 is 1.96 bits per heavy atom. The van der Waals surface area contributed by atoms with Gasteiger partial charge in [0.05, 0.1) is 18.4 Å². The van der Waals surface area contributed by atoms with Crippen molar-refractivity contribution in [3.05, 3.63) is 42.1 Å². The molecule has 0 aliphatic rings. The molecular weight excluding hydrogens is 292 g/mol. The van der Waals surface area contributed by atoms with E-state index in [1.165, 1.54) is 0 Å². The molecule has 0 fully saturated rings. The van der Waals surface area contributed by atoms with Crippen LogP contribution in [0.15, 0.2) is 36.5 Å². The van der Waals surface area contributed by atoms with Crippen LogP contribution < -0.4 is 5.32 Å². The number of pyridine rings is 1. The fraction of sp³-hybridized carbons (Fsp3) is 0.389. The number of nitrogens with zero attached hydrogens (tertiary/aromatic N) is 1. The summed E-state index contributed by atoms with van der Waals surface area (Å²) in [6.07, 6.45) is 1.77. The van der Waals surface area contributed by atoms with E-state index in [4.69, 9.17) is 5.11 Å². The van der Waals surface area contributed by atoms with Crippen molar-refractivity contribution >= 4 is 22.8 Å². The first kappa shape index (κ1) is 16.9. The van der Waals surface area contributed by atoms with Gasteiger partial charge in [-0.15, -0.1) is 0 Å². The molecule has 0 aliphatic heterocycles.